The Labute approximate surface area is 215 Å². The summed E-state index contributed by atoms with van der Waals surface area (Å²) in [5.41, 5.74) is 0.889. The highest BCUT2D eigenvalue weighted by Crippen LogP contribution is 2.23. The summed E-state index contributed by atoms with van der Waals surface area (Å²) in [6.45, 7) is 4.63. The molecule has 4 aromatic rings. The number of hydrogen-bond donors (Lipinski definition) is 1. The van der Waals surface area contributed by atoms with E-state index in [-0.39, 0.29) is 23.6 Å². The fraction of sp³-hybridized carbons (Fsp3) is 0.296. The molecule has 2 aromatic carbocycles. The highest BCUT2D eigenvalue weighted by Gasteiger charge is 2.31. The SMILES string of the molecule is CCCn1c(=O)c2[nH]c(-c3ccc(OCC#Cc4cccc(OC(F)(F)F)c4)cc3)nc2n(CCC)c1=O. The molecule has 0 aliphatic rings. The molecular weight excluding hydrogens is 501 g/mol. The van der Waals surface area contributed by atoms with Crippen LogP contribution in [-0.4, -0.2) is 32.1 Å². The first-order valence-corrected chi connectivity index (χ1v) is 12.0. The van der Waals surface area contributed by atoms with Crippen molar-refractivity contribution >= 4 is 11.2 Å². The van der Waals surface area contributed by atoms with Crippen molar-refractivity contribution in [3.8, 4) is 34.7 Å². The molecule has 0 aliphatic heterocycles. The van der Waals surface area contributed by atoms with Gasteiger partial charge in [-0.2, -0.15) is 0 Å². The third-order valence-corrected chi connectivity index (χ3v) is 5.49. The van der Waals surface area contributed by atoms with E-state index in [9.17, 15) is 22.8 Å². The summed E-state index contributed by atoms with van der Waals surface area (Å²) < 4.78 is 49.4. The van der Waals surface area contributed by atoms with Crippen LogP contribution in [0.25, 0.3) is 22.6 Å². The standard InChI is InChI=1S/C27H25F3N4O4/c1-3-14-33-24-22(25(35)34(15-4-2)26(33)36)31-23(32-24)19-10-12-20(13-11-19)37-16-6-8-18-7-5-9-21(17-18)38-27(28,29)30/h5,7,9-13,17H,3-4,14-16H2,1-2H3,(H,31,32). The fourth-order valence-electron chi connectivity index (χ4n) is 3.89. The van der Waals surface area contributed by atoms with Crippen molar-refractivity contribution in [2.45, 2.75) is 46.1 Å². The number of ether oxygens (including phenoxy) is 2. The highest BCUT2D eigenvalue weighted by molar-refractivity contribution is 5.75. The van der Waals surface area contributed by atoms with Gasteiger partial charge in [-0.05, 0) is 55.3 Å². The van der Waals surface area contributed by atoms with E-state index in [4.69, 9.17) is 4.74 Å². The molecule has 2 heterocycles. The normalized spacial score (nSPS) is 11.3. The van der Waals surface area contributed by atoms with Gasteiger partial charge in [-0.15, -0.1) is 13.2 Å². The molecule has 1 N–H and O–H groups in total. The van der Waals surface area contributed by atoms with Crippen LogP contribution in [0, 0.1) is 11.8 Å². The van der Waals surface area contributed by atoms with Crippen LogP contribution in [0.2, 0.25) is 0 Å². The fourth-order valence-corrected chi connectivity index (χ4v) is 3.89. The van der Waals surface area contributed by atoms with Crippen molar-refractivity contribution < 1.29 is 22.6 Å². The Bertz CT molecular complexity index is 1610. The van der Waals surface area contributed by atoms with Gasteiger partial charge < -0.3 is 14.5 Å². The lowest BCUT2D eigenvalue weighted by Crippen LogP contribution is -2.40. The molecule has 0 radical (unpaired) electrons. The lowest BCUT2D eigenvalue weighted by molar-refractivity contribution is -0.274. The second-order valence-electron chi connectivity index (χ2n) is 8.37. The van der Waals surface area contributed by atoms with Crippen LogP contribution in [-0.2, 0) is 13.1 Å². The number of nitrogens with zero attached hydrogens (tertiary/aromatic N) is 3. The Morgan fingerprint density at radius 3 is 2.37 bits per heavy atom. The quantitative estimate of drug-likeness (QED) is 0.336. The van der Waals surface area contributed by atoms with Gasteiger partial charge in [0, 0.05) is 24.2 Å². The number of imidazole rings is 1. The van der Waals surface area contributed by atoms with Gasteiger partial charge in [0.25, 0.3) is 5.56 Å². The maximum absolute atomic E-state index is 12.9. The number of aromatic nitrogens is 4. The van der Waals surface area contributed by atoms with E-state index in [2.05, 4.69) is 26.5 Å². The summed E-state index contributed by atoms with van der Waals surface area (Å²) >= 11 is 0. The zero-order chi connectivity index (χ0) is 27.3. The molecule has 8 nitrogen and oxygen atoms in total. The zero-order valence-corrected chi connectivity index (χ0v) is 20.8. The third-order valence-electron chi connectivity index (χ3n) is 5.49. The van der Waals surface area contributed by atoms with Crippen molar-refractivity contribution in [2.75, 3.05) is 6.61 Å². The van der Waals surface area contributed by atoms with Gasteiger partial charge in [-0.3, -0.25) is 13.9 Å². The molecule has 0 spiro atoms. The molecule has 2 aromatic heterocycles. The molecule has 0 atom stereocenters. The van der Waals surface area contributed by atoms with E-state index in [0.717, 1.165) is 0 Å². The summed E-state index contributed by atoms with van der Waals surface area (Å²) in [5.74, 6) is 6.11. The predicted octanol–water partition coefficient (Wildman–Crippen LogP) is 4.70. The van der Waals surface area contributed by atoms with Gasteiger partial charge in [0.1, 0.15) is 29.4 Å². The van der Waals surface area contributed by atoms with Gasteiger partial charge in [0.2, 0.25) is 0 Å². The molecule has 0 amide bonds. The predicted molar refractivity (Wildman–Crippen MR) is 136 cm³/mol. The summed E-state index contributed by atoms with van der Waals surface area (Å²) in [6.07, 6.45) is -3.41. The Balaban J connectivity index is 1.49. The van der Waals surface area contributed by atoms with E-state index >= 15 is 0 Å². The van der Waals surface area contributed by atoms with Crippen LogP contribution in [0.1, 0.15) is 32.3 Å². The van der Waals surface area contributed by atoms with Crippen molar-refractivity contribution in [3.05, 3.63) is 74.9 Å². The molecule has 0 fully saturated rings. The molecular formula is C27H25F3N4O4. The van der Waals surface area contributed by atoms with E-state index in [0.29, 0.717) is 54.3 Å². The van der Waals surface area contributed by atoms with Crippen LogP contribution in [0.3, 0.4) is 0 Å². The van der Waals surface area contributed by atoms with Crippen LogP contribution in [0.5, 0.6) is 11.5 Å². The number of H-pyrrole nitrogens is 1. The molecule has 11 heteroatoms. The minimum atomic E-state index is -4.77. The van der Waals surface area contributed by atoms with E-state index in [1.165, 1.54) is 27.3 Å². The monoisotopic (exact) mass is 526 g/mol. The summed E-state index contributed by atoms with van der Waals surface area (Å²) in [4.78, 5) is 33.4. The Morgan fingerprint density at radius 2 is 1.68 bits per heavy atom. The first-order chi connectivity index (χ1) is 18.2. The van der Waals surface area contributed by atoms with Gasteiger partial charge in [0.05, 0.1) is 0 Å². The first-order valence-electron chi connectivity index (χ1n) is 12.0. The first kappa shape index (κ1) is 26.6. The molecule has 0 aliphatic carbocycles. The number of rotatable bonds is 8. The van der Waals surface area contributed by atoms with Crippen LogP contribution in [0.4, 0.5) is 13.2 Å². The number of benzene rings is 2. The number of aromatic amines is 1. The lowest BCUT2D eigenvalue weighted by Gasteiger charge is -2.09. The Morgan fingerprint density at radius 1 is 0.974 bits per heavy atom. The minimum absolute atomic E-state index is 0.00854. The molecule has 4 rings (SSSR count). The van der Waals surface area contributed by atoms with E-state index in [1.54, 1.807) is 30.3 Å². The van der Waals surface area contributed by atoms with Crippen molar-refractivity contribution in [1.82, 2.24) is 19.1 Å². The largest absolute Gasteiger partial charge is 0.573 e. The minimum Gasteiger partial charge on any atom is -0.481 e. The second-order valence-corrected chi connectivity index (χ2v) is 8.37. The number of halogens is 3. The molecule has 198 valence electrons. The molecule has 0 saturated heterocycles. The number of aryl methyl sites for hydroxylation is 1. The van der Waals surface area contributed by atoms with Crippen molar-refractivity contribution in [1.29, 1.82) is 0 Å². The van der Waals surface area contributed by atoms with E-state index in [1.807, 2.05) is 13.8 Å². The summed E-state index contributed by atoms with van der Waals surface area (Å²) in [6, 6.07) is 12.3. The third kappa shape index (κ3) is 6.08. The van der Waals surface area contributed by atoms with Gasteiger partial charge in [-0.25, -0.2) is 9.78 Å². The second kappa shape index (κ2) is 11.3. The number of fused-ring (bicyclic) bond motifs is 1. The number of nitrogens with one attached hydrogen (secondary N) is 1. The summed E-state index contributed by atoms with van der Waals surface area (Å²) in [7, 11) is 0. The maximum Gasteiger partial charge on any atom is 0.573 e. The van der Waals surface area contributed by atoms with Crippen LogP contribution >= 0.6 is 0 Å². The van der Waals surface area contributed by atoms with Gasteiger partial charge >= 0.3 is 12.1 Å². The maximum atomic E-state index is 12.9. The zero-order valence-electron chi connectivity index (χ0n) is 20.8. The average Bonchev–Trinajstić information content (AvgIpc) is 3.32. The Kier molecular flexibility index (Phi) is 7.90. The topological polar surface area (TPSA) is 91.1 Å². The van der Waals surface area contributed by atoms with Crippen LogP contribution in [0.15, 0.2) is 58.1 Å². The molecule has 0 saturated carbocycles. The smallest absolute Gasteiger partial charge is 0.481 e. The number of alkyl halides is 3. The molecule has 0 bridgehead atoms. The van der Waals surface area contributed by atoms with E-state index < -0.39 is 11.9 Å². The average molecular weight is 527 g/mol. The molecule has 0 unspecified atom stereocenters. The van der Waals surface area contributed by atoms with Crippen molar-refractivity contribution in [2.24, 2.45) is 0 Å². The van der Waals surface area contributed by atoms with Crippen LogP contribution < -0.4 is 20.7 Å². The number of hydrogen-bond acceptors (Lipinski definition) is 5. The van der Waals surface area contributed by atoms with Gasteiger partial charge in [0.15, 0.2) is 5.65 Å². The Hall–Kier alpha value is -4.46. The van der Waals surface area contributed by atoms with Gasteiger partial charge in [-0.1, -0.05) is 31.8 Å². The highest BCUT2D eigenvalue weighted by atomic mass is 19.4. The van der Waals surface area contributed by atoms with Crippen molar-refractivity contribution in [3.63, 3.8) is 0 Å². The summed E-state index contributed by atoms with van der Waals surface area (Å²) in [5, 5.41) is 0. The molecule has 38 heavy (non-hydrogen) atoms. The lowest BCUT2D eigenvalue weighted by atomic mass is 10.2.